The summed E-state index contributed by atoms with van der Waals surface area (Å²) >= 11 is 4.68. The number of nitrogens with two attached hydrogens (primary N) is 1. The fourth-order valence-corrected chi connectivity index (χ4v) is 0.676. The number of nitrogens with one attached hydrogen (secondary N) is 4. The Kier molecular flexibility index (Phi) is 2.77. The van der Waals surface area contributed by atoms with Gasteiger partial charge in [0.2, 0.25) is 0 Å². The predicted molar refractivity (Wildman–Crippen MR) is 46.0 cm³/mol. The summed E-state index contributed by atoms with van der Waals surface area (Å²) in [6.45, 7) is 0.321. The molecule has 0 spiro atoms. The van der Waals surface area contributed by atoms with E-state index in [1.807, 2.05) is 0 Å². The van der Waals surface area contributed by atoms with Crippen LogP contribution in [0.25, 0.3) is 0 Å². The zero-order chi connectivity index (χ0) is 8.97. The molecule has 0 radical (unpaired) electrons. The van der Waals surface area contributed by atoms with E-state index in [0.29, 0.717) is 17.5 Å². The maximum Gasteiger partial charge on any atom is 0.340 e. The highest BCUT2D eigenvalue weighted by atomic mass is 32.1. The van der Waals surface area contributed by atoms with E-state index >= 15 is 0 Å². The molecule has 0 aliphatic carbocycles. The lowest BCUT2D eigenvalue weighted by molar-refractivity contribution is 0.808. The molecule has 1 heterocycles. The third-order valence-corrected chi connectivity index (χ3v) is 1.36. The van der Waals surface area contributed by atoms with E-state index < -0.39 is 0 Å². The summed E-state index contributed by atoms with van der Waals surface area (Å²) < 4.78 is 0. The first-order chi connectivity index (χ1) is 5.72. The van der Waals surface area contributed by atoms with Crippen molar-refractivity contribution in [1.29, 1.82) is 0 Å². The van der Waals surface area contributed by atoms with Gasteiger partial charge in [-0.15, -0.1) is 0 Å². The van der Waals surface area contributed by atoms with E-state index in [1.54, 1.807) is 0 Å². The highest BCUT2D eigenvalue weighted by molar-refractivity contribution is 7.80. The molecule has 0 amide bonds. The first-order valence-electron chi connectivity index (χ1n) is 3.10. The Bertz CT molecular complexity index is 315. The second-order valence-corrected chi connectivity index (χ2v) is 2.36. The van der Waals surface area contributed by atoms with Crippen molar-refractivity contribution in [1.82, 2.24) is 25.9 Å². The van der Waals surface area contributed by atoms with Crippen molar-refractivity contribution in [2.75, 3.05) is 0 Å². The quantitative estimate of drug-likeness (QED) is 0.207. The minimum Gasteiger partial charge on any atom is -0.354 e. The average molecular weight is 188 g/mol. The molecular weight excluding hydrogens is 180 g/mol. The molecule has 0 aliphatic heterocycles. The van der Waals surface area contributed by atoms with Crippen LogP contribution in [0.4, 0.5) is 0 Å². The van der Waals surface area contributed by atoms with E-state index in [2.05, 4.69) is 38.1 Å². The lowest BCUT2D eigenvalue weighted by Gasteiger charge is -2.02. The Hall–Kier alpha value is -1.41. The molecule has 1 aromatic heterocycles. The van der Waals surface area contributed by atoms with Gasteiger partial charge in [-0.1, -0.05) is 0 Å². The number of thiocarbonyl (C=S) groups is 1. The van der Waals surface area contributed by atoms with Crippen molar-refractivity contribution in [3.8, 4) is 0 Å². The molecule has 12 heavy (non-hydrogen) atoms. The molecule has 1 aromatic rings. The van der Waals surface area contributed by atoms with Crippen LogP contribution in [0.15, 0.2) is 4.79 Å². The number of nitrogens with zero attached hydrogens (tertiary/aromatic N) is 1. The molecule has 0 aromatic carbocycles. The van der Waals surface area contributed by atoms with E-state index in [1.165, 1.54) is 0 Å². The van der Waals surface area contributed by atoms with Crippen LogP contribution in [0, 0.1) is 0 Å². The van der Waals surface area contributed by atoms with Crippen molar-refractivity contribution in [2.45, 2.75) is 6.54 Å². The van der Waals surface area contributed by atoms with Crippen LogP contribution < -0.4 is 22.3 Å². The normalized spacial score (nSPS) is 9.42. The van der Waals surface area contributed by atoms with Gasteiger partial charge in [0.1, 0.15) is 5.82 Å². The Balaban J connectivity index is 2.43. The maximum atomic E-state index is 10.5. The topological polar surface area (TPSA) is 112 Å². The monoisotopic (exact) mass is 188 g/mol. The van der Waals surface area contributed by atoms with Gasteiger partial charge in [0, 0.05) is 0 Å². The second-order valence-electron chi connectivity index (χ2n) is 1.95. The van der Waals surface area contributed by atoms with Crippen molar-refractivity contribution >= 4 is 17.3 Å². The first kappa shape index (κ1) is 8.68. The first-order valence-corrected chi connectivity index (χ1v) is 3.51. The summed E-state index contributed by atoms with van der Waals surface area (Å²) in [5.41, 5.74) is 1.88. The van der Waals surface area contributed by atoms with Crippen LogP contribution in [0.2, 0.25) is 0 Å². The van der Waals surface area contributed by atoms with Gasteiger partial charge in [0.25, 0.3) is 0 Å². The predicted octanol–water partition coefficient (Wildman–Crippen LogP) is -2.06. The molecule has 1 rings (SSSR count). The molecule has 8 heteroatoms. The summed E-state index contributed by atoms with van der Waals surface area (Å²) in [7, 11) is 0. The number of H-pyrrole nitrogens is 2. The average Bonchev–Trinajstić information content (AvgIpc) is 2.47. The third kappa shape index (κ3) is 2.32. The van der Waals surface area contributed by atoms with Crippen molar-refractivity contribution in [3.05, 3.63) is 16.3 Å². The van der Waals surface area contributed by atoms with Crippen molar-refractivity contribution in [3.63, 3.8) is 0 Å². The highest BCUT2D eigenvalue weighted by Gasteiger charge is 1.97. The van der Waals surface area contributed by atoms with Gasteiger partial charge < -0.3 is 10.7 Å². The molecule has 0 bridgehead atoms. The van der Waals surface area contributed by atoms with E-state index in [4.69, 9.17) is 5.84 Å². The maximum absolute atomic E-state index is 10.5. The van der Waals surface area contributed by atoms with Gasteiger partial charge in [-0.3, -0.25) is 4.98 Å². The van der Waals surface area contributed by atoms with E-state index in [0.717, 1.165) is 0 Å². The molecule has 7 nitrogen and oxygen atoms in total. The van der Waals surface area contributed by atoms with E-state index in [-0.39, 0.29) is 5.69 Å². The number of rotatable bonds is 2. The number of aromatic amines is 2. The molecule has 0 fully saturated rings. The smallest absolute Gasteiger partial charge is 0.340 e. The van der Waals surface area contributed by atoms with Crippen LogP contribution in [0.5, 0.6) is 0 Å². The molecule has 0 saturated carbocycles. The molecule has 66 valence electrons. The molecule has 0 atom stereocenters. The lowest BCUT2D eigenvalue weighted by Crippen LogP contribution is -2.39. The standard InChI is InChI=1S/C4H8N6OS/c5-8-4(12)6-1-2-7-3(11)10-9-2/h1,5H2,(H2,6,8,12)(H2,7,9,10,11). The van der Waals surface area contributed by atoms with Crippen LogP contribution in [0.1, 0.15) is 5.82 Å². The molecule has 6 N–H and O–H groups in total. The Morgan fingerprint density at radius 2 is 2.50 bits per heavy atom. The molecule has 0 unspecified atom stereocenters. The van der Waals surface area contributed by atoms with Crippen molar-refractivity contribution in [2.24, 2.45) is 5.84 Å². The summed E-state index contributed by atoms with van der Waals surface area (Å²) in [6.07, 6.45) is 0. The number of hydrazine groups is 1. The van der Waals surface area contributed by atoms with Crippen LogP contribution >= 0.6 is 12.2 Å². The Morgan fingerprint density at radius 1 is 1.75 bits per heavy atom. The number of aromatic nitrogens is 3. The Labute approximate surface area is 72.7 Å². The van der Waals surface area contributed by atoms with Crippen LogP contribution in [-0.2, 0) is 6.54 Å². The Morgan fingerprint density at radius 3 is 3.00 bits per heavy atom. The zero-order valence-electron chi connectivity index (χ0n) is 6.05. The minimum atomic E-state index is -0.349. The third-order valence-electron chi connectivity index (χ3n) is 1.10. The number of hydrogen-bond acceptors (Lipinski definition) is 4. The number of hydrogen-bond donors (Lipinski definition) is 5. The van der Waals surface area contributed by atoms with Gasteiger partial charge in [0.15, 0.2) is 5.11 Å². The summed E-state index contributed by atoms with van der Waals surface area (Å²) in [4.78, 5) is 13.0. The van der Waals surface area contributed by atoms with Crippen LogP contribution in [-0.4, -0.2) is 20.3 Å². The lowest BCUT2D eigenvalue weighted by atomic mass is 10.6. The highest BCUT2D eigenvalue weighted by Crippen LogP contribution is 1.79. The summed E-state index contributed by atoms with van der Waals surface area (Å²) in [5.74, 6) is 5.46. The van der Waals surface area contributed by atoms with Crippen molar-refractivity contribution < 1.29 is 0 Å². The van der Waals surface area contributed by atoms with Gasteiger partial charge >= 0.3 is 5.69 Å². The summed E-state index contributed by atoms with van der Waals surface area (Å²) in [6, 6.07) is 0. The largest absolute Gasteiger partial charge is 0.354 e. The van der Waals surface area contributed by atoms with E-state index in [9.17, 15) is 4.79 Å². The minimum absolute atomic E-state index is 0.291. The van der Waals surface area contributed by atoms with Crippen LogP contribution in [0.3, 0.4) is 0 Å². The summed E-state index contributed by atoms with van der Waals surface area (Å²) in [5, 5.41) is 8.85. The molecule has 0 saturated heterocycles. The second kappa shape index (κ2) is 3.83. The fraction of sp³-hybridized carbons (Fsp3) is 0.250. The molecular formula is C4H8N6OS. The SMILES string of the molecule is NNC(=S)NCc1n[nH]c(=O)[nH]1. The van der Waals surface area contributed by atoms with Gasteiger partial charge in [-0.2, -0.15) is 5.10 Å². The van der Waals surface area contributed by atoms with Gasteiger partial charge in [0.05, 0.1) is 6.54 Å². The molecule has 0 aliphatic rings. The van der Waals surface area contributed by atoms with Gasteiger partial charge in [-0.05, 0) is 12.2 Å². The zero-order valence-corrected chi connectivity index (χ0v) is 6.86. The van der Waals surface area contributed by atoms with Gasteiger partial charge in [-0.25, -0.2) is 15.7 Å². The fourth-order valence-electron chi connectivity index (χ4n) is 0.604.